The molecular weight excluding hydrogens is 100 g/mol. The molecule has 0 N–H and O–H groups in total. The lowest BCUT2D eigenvalue weighted by Gasteiger charge is -1.94. The second kappa shape index (κ2) is 4.85. The topological polar surface area (TPSA) is 19.9 Å². The van der Waals surface area contributed by atoms with Crippen LogP contribution in [0, 0.1) is 5.92 Å². The van der Waals surface area contributed by atoms with Gasteiger partial charge in [0.15, 0.2) is 0 Å². The van der Waals surface area contributed by atoms with Crippen molar-refractivity contribution >= 4 is 0 Å². The number of hydrogen-bond donors (Lipinski definition) is 0. The molecule has 0 aliphatic heterocycles. The Kier molecular flexibility index (Phi) is 4.67. The first-order valence-electron chi connectivity index (χ1n) is 3.00. The van der Waals surface area contributed by atoms with Crippen LogP contribution in [0.4, 0.5) is 0 Å². The van der Waals surface area contributed by atoms with Crippen molar-refractivity contribution in [3.8, 4) is 0 Å². The van der Waals surface area contributed by atoms with Gasteiger partial charge in [0.1, 0.15) is 6.61 Å². The summed E-state index contributed by atoms with van der Waals surface area (Å²) in [4.78, 5) is 0. The SMILES string of the molecule is CC(C)CC=CC[O]. The first-order valence-corrected chi connectivity index (χ1v) is 3.00. The fraction of sp³-hybridized carbons (Fsp3) is 0.714. The summed E-state index contributed by atoms with van der Waals surface area (Å²) in [5, 5.41) is 9.82. The average Bonchev–Trinajstić information content (AvgIpc) is 1.66. The smallest absolute Gasteiger partial charge is 0.100 e. The van der Waals surface area contributed by atoms with Crippen LogP contribution in [0.25, 0.3) is 0 Å². The summed E-state index contributed by atoms with van der Waals surface area (Å²) in [7, 11) is 0. The molecule has 1 radical (unpaired) electrons. The third kappa shape index (κ3) is 5.70. The largest absolute Gasteiger partial charge is 0.232 e. The van der Waals surface area contributed by atoms with Crippen LogP contribution in [0.3, 0.4) is 0 Å². The van der Waals surface area contributed by atoms with E-state index in [0.29, 0.717) is 5.92 Å². The molecule has 0 saturated carbocycles. The Morgan fingerprint density at radius 2 is 2.00 bits per heavy atom. The molecule has 0 unspecified atom stereocenters. The summed E-state index contributed by atoms with van der Waals surface area (Å²) in [6.07, 6.45) is 4.64. The molecule has 0 aromatic heterocycles. The normalized spacial score (nSPS) is 11.5. The standard InChI is InChI=1S/C7H13O/c1-7(2)5-3-4-6-8/h3-4,7H,5-6H2,1-2H3. The highest BCUT2D eigenvalue weighted by Gasteiger charge is 1.85. The van der Waals surface area contributed by atoms with Crippen LogP contribution in [0.1, 0.15) is 20.3 Å². The number of rotatable bonds is 3. The van der Waals surface area contributed by atoms with E-state index in [0.717, 1.165) is 6.42 Å². The fourth-order valence-electron chi connectivity index (χ4n) is 0.436. The van der Waals surface area contributed by atoms with E-state index in [9.17, 15) is 5.11 Å². The van der Waals surface area contributed by atoms with Gasteiger partial charge in [0.25, 0.3) is 0 Å². The average molecular weight is 113 g/mol. The first-order chi connectivity index (χ1) is 3.77. The molecule has 0 aromatic carbocycles. The van der Waals surface area contributed by atoms with E-state index >= 15 is 0 Å². The Morgan fingerprint density at radius 1 is 1.38 bits per heavy atom. The summed E-state index contributed by atoms with van der Waals surface area (Å²) in [5.41, 5.74) is 0. The van der Waals surface area contributed by atoms with Crippen molar-refractivity contribution in [2.24, 2.45) is 5.92 Å². The molecule has 0 aliphatic carbocycles. The molecule has 0 heterocycles. The molecule has 0 aliphatic rings. The van der Waals surface area contributed by atoms with Gasteiger partial charge in [-0.25, -0.2) is 5.11 Å². The lowest BCUT2D eigenvalue weighted by atomic mass is 10.1. The minimum atomic E-state index is -0.0767. The predicted octanol–water partition coefficient (Wildman–Crippen LogP) is 2.02. The molecule has 0 aromatic rings. The van der Waals surface area contributed by atoms with Gasteiger partial charge in [0.2, 0.25) is 0 Å². The second-order valence-corrected chi connectivity index (χ2v) is 2.27. The van der Waals surface area contributed by atoms with Crippen LogP contribution in [-0.4, -0.2) is 6.61 Å². The molecule has 1 heteroatoms. The minimum Gasteiger partial charge on any atom is -0.232 e. The van der Waals surface area contributed by atoms with Crippen molar-refractivity contribution < 1.29 is 5.11 Å². The van der Waals surface area contributed by atoms with Crippen LogP contribution < -0.4 is 0 Å². The molecule has 47 valence electrons. The van der Waals surface area contributed by atoms with Crippen LogP contribution in [0.5, 0.6) is 0 Å². The zero-order valence-corrected chi connectivity index (χ0v) is 5.55. The van der Waals surface area contributed by atoms with Crippen molar-refractivity contribution in [3.63, 3.8) is 0 Å². The van der Waals surface area contributed by atoms with E-state index in [1.165, 1.54) is 0 Å². The monoisotopic (exact) mass is 113 g/mol. The van der Waals surface area contributed by atoms with E-state index in [2.05, 4.69) is 13.8 Å². The van der Waals surface area contributed by atoms with Crippen molar-refractivity contribution in [3.05, 3.63) is 12.2 Å². The minimum absolute atomic E-state index is 0.0767. The van der Waals surface area contributed by atoms with Crippen molar-refractivity contribution in [2.75, 3.05) is 6.61 Å². The fourth-order valence-corrected chi connectivity index (χ4v) is 0.436. The maximum Gasteiger partial charge on any atom is 0.100 e. The van der Waals surface area contributed by atoms with E-state index in [1.54, 1.807) is 6.08 Å². The summed E-state index contributed by atoms with van der Waals surface area (Å²) < 4.78 is 0. The van der Waals surface area contributed by atoms with Crippen molar-refractivity contribution in [1.29, 1.82) is 0 Å². The summed E-state index contributed by atoms with van der Waals surface area (Å²) in [6, 6.07) is 0. The molecule has 0 amide bonds. The van der Waals surface area contributed by atoms with E-state index in [-0.39, 0.29) is 6.61 Å². The van der Waals surface area contributed by atoms with Gasteiger partial charge in [-0.05, 0) is 12.3 Å². The van der Waals surface area contributed by atoms with Crippen molar-refractivity contribution in [1.82, 2.24) is 0 Å². The first kappa shape index (κ1) is 7.70. The number of hydrogen-bond acceptors (Lipinski definition) is 0. The third-order valence-electron chi connectivity index (χ3n) is 0.870. The van der Waals surface area contributed by atoms with E-state index in [1.807, 2.05) is 6.08 Å². The highest BCUT2D eigenvalue weighted by Crippen LogP contribution is 1.98. The highest BCUT2D eigenvalue weighted by molar-refractivity contribution is 4.81. The summed E-state index contributed by atoms with van der Waals surface area (Å²) >= 11 is 0. The lowest BCUT2D eigenvalue weighted by Crippen LogP contribution is -1.81. The van der Waals surface area contributed by atoms with Crippen LogP contribution in [0.2, 0.25) is 0 Å². The maximum atomic E-state index is 9.82. The Hall–Kier alpha value is -0.300. The Balaban J connectivity index is 3.03. The van der Waals surface area contributed by atoms with Gasteiger partial charge >= 0.3 is 0 Å². The third-order valence-corrected chi connectivity index (χ3v) is 0.870. The van der Waals surface area contributed by atoms with Gasteiger partial charge in [0.05, 0.1) is 0 Å². The lowest BCUT2D eigenvalue weighted by molar-refractivity contribution is 0.232. The zero-order valence-electron chi connectivity index (χ0n) is 5.55. The second-order valence-electron chi connectivity index (χ2n) is 2.27. The van der Waals surface area contributed by atoms with Crippen molar-refractivity contribution in [2.45, 2.75) is 20.3 Å². The Morgan fingerprint density at radius 3 is 2.38 bits per heavy atom. The molecule has 0 saturated heterocycles. The van der Waals surface area contributed by atoms with Gasteiger partial charge in [0, 0.05) is 0 Å². The van der Waals surface area contributed by atoms with Gasteiger partial charge in [-0.1, -0.05) is 26.0 Å². The van der Waals surface area contributed by atoms with Crippen LogP contribution in [0.15, 0.2) is 12.2 Å². The number of allylic oxidation sites excluding steroid dienone is 1. The van der Waals surface area contributed by atoms with Gasteiger partial charge in [-0.15, -0.1) is 0 Å². The molecule has 0 rings (SSSR count). The molecule has 0 spiro atoms. The molecule has 0 fully saturated rings. The molecule has 0 bridgehead atoms. The molecule has 0 atom stereocenters. The maximum absolute atomic E-state index is 9.82. The van der Waals surface area contributed by atoms with Gasteiger partial charge < -0.3 is 0 Å². The van der Waals surface area contributed by atoms with Crippen LogP contribution in [-0.2, 0) is 5.11 Å². The predicted molar refractivity (Wildman–Crippen MR) is 34.1 cm³/mol. The van der Waals surface area contributed by atoms with Gasteiger partial charge in [-0.2, -0.15) is 0 Å². The molecule has 1 nitrogen and oxygen atoms in total. The summed E-state index contributed by atoms with van der Waals surface area (Å²) in [6.45, 7) is 4.19. The summed E-state index contributed by atoms with van der Waals surface area (Å²) in [5.74, 6) is 0.679. The molecule has 8 heavy (non-hydrogen) atoms. The Labute approximate surface area is 51.0 Å². The van der Waals surface area contributed by atoms with Crippen LogP contribution >= 0.6 is 0 Å². The Bertz CT molecular complexity index is 64.8. The van der Waals surface area contributed by atoms with E-state index < -0.39 is 0 Å². The van der Waals surface area contributed by atoms with Gasteiger partial charge in [-0.3, -0.25) is 0 Å². The highest BCUT2D eigenvalue weighted by atomic mass is 16.2. The molecular formula is C7H13O. The quantitative estimate of drug-likeness (QED) is 0.499. The van der Waals surface area contributed by atoms with E-state index in [4.69, 9.17) is 0 Å². The zero-order chi connectivity index (χ0) is 6.41.